The Labute approximate surface area is 188 Å². The SMILES string of the molecule is COc1ccc(-c2nc3cccnc3n2C2CCN(C(=O)Nc3ccc(F)cc3F)C2)cc1. The minimum absolute atomic E-state index is 0.0569. The zero-order valence-corrected chi connectivity index (χ0v) is 17.8. The summed E-state index contributed by atoms with van der Waals surface area (Å²) in [7, 11) is 1.62. The number of halogens is 2. The first kappa shape index (κ1) is 20.9. The van der Waals surface area contributed by atoms with E-state index >= 15 is 0 Å². The van der Waals surface area contributed by atoms with E-state index in [0.29, 0.717) is 19.5 Å². The zero-order chi connectivity index (χ0) is 22.9. The summed E-state index contributed by atoms with van der Waals surface area (Å²) in [6, 6.07) is 13.9. The molecular weight excluding hydrogens is 428 g/mol. The van der Waals surface area contributed by atoms with Gasteiger partial charge in [-0.25, -0.2) is 23.5 Å². The van der Waals surface area contributed by atoms with E-state index in [1.54, 1.807) is 18.2 Å². The molecule has 0 bridgehead atoms. The van der Waals surface area contributed by atoms with Gasteiger partial charge in [0.05, 0.1) is 18.8 Å². The number of nitrogens with one attached hydrogen (secondary N) is 1. The van der Waals surface area contributed by atoms with Crippen LogP contribution in [0.3, 0.4) is 0 Å². The number of aromatic nitrogens is 3. The van der Waals surface area contributed by atoms with Gasteiger partial charge < -0.3 is 19.5 Å². The lowest BCUT2D eigenvalue weighted by molar-refractivity contribution is 0.221. The van der Waals surface area contributed by atoms with Crippen LogP contribution in [0.2, 0.25) is 0 Å². The van der Waals surface area contributed by atoms with Crippen molar-refractivity contribution in [1.29, 1.82) is 0 Å². The fourth-order valence-electron chi connectivity index (χ4n) is 4.14. The Bertz CT molecular complexity index is 1320. The molecule has 1 fully saturated rings. The molecule has 1 unspecified atom stereocenters. The van der Waals surface area contributed by atoms with E-state index in [-0.39, 0.29) is 11.7 Å². The van der Waals surface area contributed by atoms with Crippen molar-refractivity contribution >= 4 is 22.9 Å². The summed E-state index contributed by atoms with van der Waals surface area (Å²) in [6.45, 7) is 0.883. The van der Waals surface area contributed by atoms with Gasteiger partial charge in [0, 0.05) is 30.9 Å². The molecule has 0 spiro atoms. The first-order chi connectivity index (χ1) is 16.0. The fraction of sp³-hybridized carbons (Fsp3) is 0.208. The van der Waals surface area contributed by atoms with E-state index in [4.69, 9.17) is 9.72 Å². The van der Waals surface area contributed by atoms with Crippen molar-refractivity contribution in [3.8, 4) is 17.1 Å². The predicted molar refractivity (Wildman–Crippen MR) is 120 cm³/mol. The Morgan fingerprint density at radius 2 is 1.97 bits per heavy atom. The van der Waals surface area contributed by atoms with Crippen molar-refractivity contribution in [3.05, 3.63) is 72.4 Å². The molecule has 1 N–H and O–H groups in total. The fourth-order valence-corrected chi connectivity index (χ4v) is 4.14. The molecule has 4 aromatic rings. The highest BCUT2D eigenvalue weighted by molar-refractivity contribution is 5.89. The van der Waals surface area contributed by atoms with Gasteiger partial charge in [-0.1, -0.05) is 0 Å². The largest absolute Gasteiger partial charge is 0.497 e. The van der Waals surface area contributed by atoms with Gasteiger partial charge in [0.2, 0.25) is 0 Å². The molecule has 0 saturated carbocycles. The lowest BCUT2D eigenvalue weighted by atomic mass is 10.2. The predicted octanol–water partition coefficient (Wildman–Crippen LogP) is 4.86. The van der Waals surface area contributed by atoms with Crippen LogP contribution >= 0.6 is 0 Å². The normalized spacial score (nSPS) is 15.7. The number of likely N-dealkylation sites (tertiary alicyclic amines) is 1. The van der Waals surface area contributed by atoms with Gasteiger partial charge in [-0.3, -0.25) is 0 Å². The Morgan fingerprint density at radius 3 is 2.73 bits per heavy atom. The molecule has 9 heteroatoms. The topological polar surface area (TPSA) is 72.3 Å². The van der Waals surface area contributed by atoms with Gasteiger partial charge in [-0.2, -0.15) is 0 Å². The summed E-state index contributed by atoms with van der Waals surface area (Å²) in [5.41, 5.74) is 2.35. The number of carbonyl (C=O) groups excluding carboxylic acids is 1. The second-order valence-electron chi connectivity index (χ2n) is 7.82. The lowest BCUT2D eigenvalue weighted by Crippen LogP contribution is -2.33. The molecule has 0 radical (unpaired) electrons. The average Bonchev–Trinajstić information content (AvgIpc) is 3.46. The first-order valence-electron chi connectivity index (χ1n) is 10.5. The summed E-state index contributed by atoms with van der Waals surface area (Å²) >= 11 is 0. The number of fused-ring (bicyclic) bond motifs is 1. The molecule has 3 heterocycles. The summed E-state index contributed by atoms with van der Waals surface area (Å²) in [6.07, 6.45) is 2.40. The Morgan fingerprint density at radius 1 is 1.15 bits per heavy atom. The van der Waals surface area contributed by atoms with Gasteiger partial charge >= 0.3 is 6.03 Å². The quantitative estimate of drug-likeness (QED) is 0.483. The van der Waals surface area contributed by atoms with Crippen molar-refractivity contribution in [3.63, 3.8) is 0 Å². The smallest absolute Gasteiger partial charge is 0.321 e. The molecule has 1 aliphatic rings. The molecule has 2 aromatic heterocycles. The maximum Gasteiger partial charge on any atom is 0.321 e. The van der Waals surface area contributed by atoms with Crippen molar-refractivity contribution in [2.75, 3.05) is 25.5 Å². The second-order valence-corrected chi connectivity index (χ2v) is 7.82. The summed E-state index contributed by atoms with van der Waals surface area (Å²) in [5.74, 6) is -0.0116. The van der Waals surface area contributed by atoms with E-state index in [9.17, 15) is 13.6 Å². The van der Waals surface area contributed by atoms with Crippen LogP contribution in [-0.2, 0) is 0 Å². The summed E-state index contributed by atoms with van der Waals surface area (Å²) < 4.78 is 34.4. The van der Waals surface area contributed by atoms with E-state index in [1.165, 1.54) is 6.07 Å². The van der Waals surface area contributed by atoms with Crippen LogP contribution in [0.25, 0.3) is 22.6 Å². The number of methoxy groups -OCH3 is 1. The minimum Gasteiger partial charge on any atom is -0.497 e. The molecule has 7 nitrogen and oxygen atoms in total. The van der Waals surface area contributed by atoms with E-state index < -0.39 is 17.7 Å². The van der Waals surface area contributed by atoms with Crippen LogP contribution in [-0.4, -0.2) is 45.7 Å². The third-order valence-electron chi connectivity index (χ3n) is 5.79. The highest BCUT2D eigenvalue weighted by atomic mass is 19.1. The monoisotopic (exact) mass is 449 g/mol. The third kappa shape index (κ3) is 3.97. The number of amides is 2. The van der Waals surface area contributed by atoms with E-state index in [1.807, 2.05) is 36.4 Å². The van der Waals surface area contributed by atoms with Gasteiger partial charge in [-0.05, 0) is 55.0 Å². The number of nitrogens with zero attached hydrogens (tertiary/aromatic N) is 4. The number of imidazole rings is 1. The van der Waals surface area contributed by atoms with Crippen molar-refractivity contribution in [2.24, 2.45) is 0 Å². The molecule has 0 aliphatic carbocycles. The Kier molecular flexibility index (Phi) is 5.37. The van der Waals surface area contributed by atoms with Gasteiger partial charge in [0.15, 0.2) is 5.65 Å². The maximum absolute atomic E-state index is 14.0. The Hall–Kier alpha value is -4.01. The van der Waals surface area contributed by atoms with Crippen LogP contribution in [0.1, 0.15) is 12.5 Å². The number of ether oxygens (including phenoxy) is 1. The first-order valence-corrected chi connectivity index (χ1v) is 10.5. The third-order valence-corrected chi connectivity index (χ3v) is 5.79. The van der Waals surface area contributed by atoms with Crippen molar-refractivity contribution in [1.82, 2.24) is 19.4 Å². The van der Waals surface area contributed by atoms with Gasteiger partial charge in [0.1, 0.15) is 28.7 Å². The summed E-state index contributed by atoms with van der Waals surface area (Å²) in [4.78, 5) is 23.7. The lowest BCUT2D eigenvalue weighted by Gasteiger charge is -2.19. The number of pyridine rings is 1. The van der Waals surface area contributed by atoms with E-state index in [2.05, 4.69) is 14.9 Å². The second kappa shape index (κ2) is 8.50. The zero-order valence-electron chi connectivity index (χ0n) is 17.8. The Balaban J connectivity index is 1.43. The highest BCUT2D eigenvalue weighted by Crippen LogP contribution is 2.33. The molecule has 1 aliphatic heterocycles. The number of urea groups is 1. The molecule has 168 valence electrons. The van der Waals surface area contributed by atoms with E-state index in [0.717, 1.165) is 40.4 Å². The van der Waals surface area contributed by atoms with Crippen molar-refractivity contribution < 1.29 is 18.3 Å². The number of benzene rings is 2. The van der Waals surface area contributed by atoms with Gasteiger partial charge in [0.25, 0.3) is 0 Å². The minimum atomic E-state index is -0.814. The molecule has 33 heavy (non-hydrogen) atoms. The standard InChI is InChI=1S/C24H21F2N5O2/c1-33-18-7-4-15(5-8-18)22-28-21-3-2-11-27-23(21)31(22)17-10-12-30(14-17)24(32)29-20-9-6-16(25)13-19(20)26/h2-9,11,13,17H,10,12,14H2,1H3,(H,29,32). The summed E-state index contributed by atoms with van der Waals surface area (Å²) in [5, 5.41) is 2.53. The number of anilines is 1. The molecule has 2 aromatic carbocycles. The maximum atomic E-state index is 14.0. The van der Waals surface area contributed by atoms with Crippen LogP contribution in [0.5, 0.6) is 5.75 Å². The number of rotatable bonds is 4. The van der Waals surface area contributed by atoms with Crippen LogP contribution in [0.15, 0.2) is 60.8 Å². The van der Waals surface area contributed by atoms with Crippen molar-refractivity contribution in [2.45, 2.75) is 12.5 Å². The van der Waals surface area contributed by atoms with Crippen LogP contribution in [0, 0.1) is 11.6 Å². The van der Waals surface area contributed by atoms with Crippen LogP contribution < -0.4 is 10.1 Å². The molecule has 1 atom stereocenters. The number of hydrogen-bond acceptors (Lipinski definition) is 4. The highest BCUT2D eigenvalue weighted by Gasteiger charge is 2.31. The average molecular weight is 449 g/mol. The molecule has 1 saturated heterocycles. The van der Waals surface area contributed by atoms with Gasteiger partial charge in [-0.15, -0.1) is 0 Å². The number of carbonyl (C=O) groups is 1. The molecular formula is C24H21F2N5O2. The molecule has 5 rings (SSSR count). The molecule has 2 amide bonds. The number of hydrogen-bond donors (Lipinski definition) is 1. The van der Waals surface area contributed by atoms with Crippen LogP contribution in [0.4, 0.5) is 19.3 Å².